The third-order valence-corrected chi connectivity index (χ3v) is 2.95. The molecule has 0 atom stereocenters. The van der Waals surface area contributed by atoms with Gasteiger partial charge in [0.05, 0.1) is 11.1 Å². The minimum Gasteiger partial charge on any atom is -0.298 e. The molecule has 0 unspecified atom stereocenters. The SMILES string of the molecule is Cc1cccc(C=O)c1OOc1c(C)cccc1C=O. The Kier molecular flexibility index (Phi) is 4.15. The zero-order valence-electron chi connectivity index (χ0n) is 11.3. The van der Waals surface area contributed by atoms with Crippen LogP contribution < -0.4 is 9.78 Å². The second kappa shape index (κ2) is 6.02. The molecule has 0 N–H and O–H groups in total. The second-order valence-electron chi connectivity index (χ2n) is 4.39. The van der Waals surface area contributed by atoms with Crippen molar-refractivity contribution >= 4 is 12.6 Å². The Morgan fingerprint density at radius 3 is 1.50 bits per heavy atom. The summed E-state index contributed by atoms with van der Waals surface area (Å²) >= 11 is 0. The highest BCUT2D eigenvalue weighted by atomic mass is 17.2. The van der Waals surface area contributed by atoms with Gasteiger partial charge in [0.15, 0.2) is 24.1 Å². The van der Waals surface area contributed by atoms with Crippen LogP contribution in [0.3, 0.4) is 0 Å². The zero-order chi connectivity index (χ0) is 14.5. The van der Waals surface area contributed by atoms with E-state index in [2.05, 4.69) is 0 Å². The molecular weight excluding hydrogens is 256 g/mol. The highest BCUT2D eigenvalue weighted by Crippen LogP contribution is 2.26. The van der Waals surface area contributed by atoms with Crippen LogP contribution in [-0.2, 0) is 0 Å². The molecule has 0 fully saturated rings. The van der Waals surface area contributed by atoms with Crippen LogP contribution in [0.15, 0.2) is 36.4 Å². The van der Waals surface area contributed by atoms with Crippen LogP contribution in [0.25, 0.3) is 0 Å². The summed E-state index contributed by atoms with van der Waals surface area (Å²) in [7, 11) is 0. The van der Waals surface area contributed by atoms with Gasteiger partial charge in [0.2, 0.25) is 0 Å². The summed E-state index contributed by atoms with van der Waals surface area (Å²) in [6.45, 7) is 3.62. The largest absolute Gasteiger partial charge is 0.298 e. The van der Waals surface area contributed by atoms with Crippen molar-refractivity contribution in [1.82, 2.24) is 0 Å². The van der Waals surface area contributed by atoms with E-state index in [9.17, 15) is 9.59 Å². The van der Waals surface area contributed by atoms with E-state index >= 15 is 0 Å². The Labute approximate surface area is 116 Å². The number of hydrogen-bond donors (Lipinski definition) is 0. The summed E-state index contributed by atoms with van der Waals surface area (Å²) in [5.74, 6) is 0.699. The average molecular weight is 270 g/mol. The van der Waals surface area contributed by atoms with E-state index in [4.69, 9.17) is 9.78 Å². The van der Waals surface area contributed by atoms with Crippen molar-refractivity contribution in [3.63, 3.8) is 0 Å². The number of carbonyl (C=O) groups excluding carboxylic acids is 2. The van der Waals surface area contributed by atoms with E-state index in [1.54, 1.807) is 24.3 Å². The summed E-state index contributed by atoms with van der Waals surface area (Å²) in [6.07, 6.45) is 1.40. The molecule has 4 heteroatoms. The summed E-state index contributed by atoms with van der Waals surface area (Å²) < 4.78 is 0. The molecule has 0 radical (unpaired) electrons. The molecule has 4 nitrogen and oxygen atoms in total. The summed E-state index contributed by atoms with van der Waals surface area (Å²) in [5.41, 5.74) is 2.34. The number of rotatable bonds is 5. The maximum absolute atomic E-state index is 11.0. The van der Waals surface area contributed by atoms with E-state index in [0.29, 0.717) is 35.2 Å². The number of aryl methyl sites for hydroxylation is 2. The predicted molar refractivity (Wildman–Crippen MR) is 74.4 cm³/mol. The van der Waals surface area contributed by atoms with Gasteiger partial charge in [-0.25, -0.2) is 0 Å². The Balaban J connectivity index is 2.30. The van der Waals surface area contributed by atoms with Gasteiger partial charge in [0, 0.05) is 0 Å². The molecule has 2 aromatic carbocycles. The molecule has 0 aromatic heterocycles. The Morgan fingerprint density at radius 1 is 0.750 bits per heavy atom. The molecule has 0 saturated carbocycles. The lowest BCUT2D eigenvalue weighted by Gasteiger charge is -2.12. The van der Waals surface area contributed by atoms with Crippen molar-refractivity contribution in [3.8, 4) is 11.5 Å². The van der Waals surface area contributed by atoms with Crippen LogP contribution in [0.1, 0.15) is 31.8 Å². The van der Waals surface area contributed by atoms with Crippen LogP contribution in [-0.4, -0.2) is 12.6 Å². The fraction of sp³-hybridized carbons (Fsp3) is 0.125. The van der Waals surface area contributed by atoms with Crippen LogP contribution in [0.2, 0.25) is 0 Å². The first-order valence-electron chi connectivity index (χ1n) is 6.11. The van der Waals surface area contributed by atoms with Crippen molar-refractivity contribution < 1.29 is 19.4 Å². The Morgan fingerprint density at radius 2 is 1.15 bits per heavy atom. The first-order valence-corrected chi connectivity index (χ1v) is 6.11. The highest BCUT2D eigenvalue weighted by molar-refractivity contribution is 5.81. The van der Waals surface area contributed by atoms with Crippen LogP contribution in [0, 0.1) is 13.8 Å². The monoisotopic (exact) mass is 270 g/mol. The molecule has 0 spiro atoms. The quantitative estimate of drug-likeness (QED) is 0.475. The zero-order valence-corrected chi connectivity index (χ0v) is 11.3. The number of benzene rings is 2. The molecular formula is C16H14O4. The first-order chi connectivity index (χ1) is 9.67. The smallest absolute Gasteiger partial charge is 0.192 e. The summed E-state index contributed by atoms with van der Waals surface area (Å²) in [5, 5.41) is 0. The third kappa shape index (κ3) is 2.69. The summed E-state index contributed by atoms with van der Waals surface area (Å²) in [4.78, 5) is 32.5. The molecule has 0 aliphatic rings. The van der Waals surface area contributed by atoms with Crippen molar-refractivity contribution in [2.45, 2.75) is 13.8 Å². The lowest BCUT2D eigenvalue weighted by Crippen LogP contribution is -2.07. The van der Waals surface area contributed by atoms with Crippen molar-refractivity contribution in [2.75, 3.05) is 0 Å². The number of hydrogen-bond acceptors (Lipinski definition) is 4. The molecule has 0 saturated heterocycles. The fourth-order valence-corrected chi connectivity index (χ4v) is 1.85. The lowest BCUT2D eigenvalue weighted by atomic mass is 10.1. The molecule has 2 rings (SSSR count). The molecule has 2 aromatic rings. The van der Waals surface area contributed by atoms with Crippen LogP contribution in [0.4, 0.5) is 0 Å². The van der Waals surface area contributed by atoms with E-state index < -0.39 is 0 Å². The van der Waals surface area contributed by atoms with Gasteiger partial charge in [0.25, 0.3) is 0 Å². The Hall–Kier alpha value is -2.62. The van der Waals surface area contributed by atoms with E-state index in [1.807, 2.05) is 26.0 Å². The maximum atomic E-state index is 11.0. The normalized spacial score (nSPS) is 9.90. The number of aldehydes is 2. The maximum Gasteiger partial charge on any atom is 0.192 e. The molecule has 0 heterocycles. The summed E-state index contributed by atoms with van der Waals surface area (Å²) in [6, 6.07) is 10.4. The van der Waals surface area contributed by atoms with E-state index in [1.165, 1.54) is 0 Å². The molecule has 0 bridgehead atoms. The van der Waals surface area contributed by atoms with Gasteiger partial charge in [-0.3, -0.25) is 19.4 Å². The standard InChI is InChI=1S/C16H14O4/c1-11-5-3-7-13(9-17)15(11)19-20-16-12(2)6-4-8-14(16)10-18/h3-10H,1-2H3. The predicted octanol–water partition coefficient (Wildman–Crippen LogP) is 3.30. The van der Waals surface area contributed by atoms with Crippen LogP contribution >= 0.6 is 0 Å². The van der Waals surface area contributed by atoms with Crippen molar-refractivity contribution in [2.24, 2.45) is 0 Å². The fourth-order valence-electron chi connectivity index (χ4n) is 1.85. The second-order valence-corrected chi connectivity index (χ2v) is 4.39. The van der Waals surface area contributed by atoms with Gasteiger partial charge in [0.1, 0.15) is 0 Å². The van der Waals surface area contributed by atoms with E-state index in [0.717, 1.165) is 11.1 Å². The minimum absolute atomic E-state index is 0.350. The van der Waals surface area contributed by atoms with Gasteiger partial charge in [-0.05, 0) is 37.1 Å². The number of carbonyl (C=O) groups is 2. The van der Waals surface area contributed by atoms with Gasteiger partial charge in [-0.15, -0.1) is 0 Å². The molecule has 0 amide bonds. The molecule has 0 aliphatic heterocycles. The van der Waals surface area contributed by atoms with Crippen molar-refractivity contribution in [3.05, 3.63) is 58.7 Å². The van der Waals surface area contributed by atoms with Gasteiger partial charge >= 0.3 is 0 Å². The highest BCUT2D eigenvalue weighted by Gasteiger charge is 2.12. The van der Waals surface area contributed by atoms with Crippen LogP contribution in [0.5, 0.6) is 11.5 Å². The molecule has 0 aliphatic carbocycles. The molecule has 102 valence electrons. The first kappa shape index (κ1) is 13.8. The van der Waals surface area contributed by atoms with Gasteiger partial charge in [-0.1, -0.05) is 24.3 Å². The topological polar surface area (TPSA) is 52.6 Å². The van der Waals surface area contributed by atoms with Gasteiger partial charge in [-0.2, -0.15) is 0 Å². The average Bonchev–Trinajstić information content (AvgIpc) is 2.46. The lowest BCUT2D eigenvalue weighted by molar-refractivity contribution is -0.102. The molecule has 20 heavy (non-hydrogen) atoms. The Bertz CT molecular complexity index is 589. The minimum atomic E-state index is 0.350. The van der Waals surface area contributed by atoms with Gasteiger partial charge < -0.3 is 0 Å². The van der Waals surface area contributed by atoms with E-state index in [-0.39, 0.29) is 0 Å². The number of para-hydroxylation sites is 2. The van der Waals surface area contributed by atoms with Crippen molar-refractivity contribution in [1.29, 1.82) is 0 Å². The third-order valence-electron chi connectivity index (χ3n) is 2.95.